The van der Waals surface area contributed by atoms with Gasteiger partial charge in [-0.25, -0.2) is 0 Å². The Morgan fingerprint density at radius 1 is 1.33 bits per heavy atom. The predicted octanol–water partition coefficient (Wildman–Crippen LogP) is 3.05. The summed E-state index contributed by atoms with van der Waals surface area (Å²) in [6.45, 7) is 4.46. The van der Waals surface area contributed by atoms with Gasteiger partial charge in [0.05, 0.1) is 25.3 Å². The second-order valence-corrected chi connectivity index (χ2v) is 4.55. The third-order valence-corrected chi connectivity index (χ3v) is 2.51. The summed E-state index contributed by atoms with van der Waals surface area (Å²) in [5.74, 6) is 1.05. The molecule has 0 aromatic rings. The minimum Gasteiger partial charge on any atom is -0.501 e. The van der Waals surface area contributed by atoms with Gasteiger partial charge in [-0.3, -0.25) is 4.57 Å². The Labute approximate surface area is 91.1 Å². The molecule has 0 saturated carbocycles. The van der Waals surface area contributed by atoms with Crippen LogP contribution in [0.5, 0.6) is 0 Å². The van der Waals surface area contributed by atoms with E-state index in [1.807, 2.05) is 6.08 Å². The van der Waals surface area contributed by atoms with Gasteiger partial charge in [0.2, 0.25) is 0 Å². The van der Waals surface area contributed by atoms with Crippen molar-refractivity contribution in [3.63, 3.8) is 0 Å². The Morgan fingerprint density at radius 3 is 2.67 bits per heavy atom. The number of hydrogen-bond acceptors (Lipinski definition) is 3. The maximum absolute atomic E-state index is 11.3. The third-order valence-electron chi connectivity index (χ3n) is 1.49. The van der Waals surface area contributed by atoms with Crippen LogP contribution in [0.3, 0.4) is 0 Å². The van der Waals surface area contributed by atoms with Gasteiger partial charge in [0, 0.05) is 0 Å². The molecule has 1 unspecified atom stereocenters. The van der Waals surface area contributed by atoms with E-state index in [9.17, 15) is 9.46 Å². The van der Waals surface area contributed by atoms with Crippen LogP contribution in [0.15, 0.2) is 24.2 Å². The average molecular weight is 234 g/mol. The van der Waals surface area contributed by atoms with E-state index in [1.54, 1.807) is 13.0 Å². The van der Waals surface area contributed by atoms with Crippen molar-refractivity contribution in [1.82, 2.24) is 0 Å². The lowest BCUT2D eigenvalue weighted by molar-refractivity contribution is 0.265. The van der Waals surface area contributed by atoms with Crippen molar-refractivity contribution < 1.29 is 18.7 Å². The molecule has 1 atom stereocenters. The molecule has 0 fully saturated rings. The molecule has 0 heterocycles. The number of allylic oxidation sites excluding steroid dienone is 1. The first-order chi connectivity index (χ1) is 7.12. The van der Waals surface area contributed by atoms with Crippen LogP contribution in [0.2, 0.25) is 0 Å². The highest BCUT2D eigenvalue weighted by molar-refractivity contribution is 7.56. The minimum absolute atomic E-state index is 0.143. The van der Waals surface area contributed by atoms with Crippen molar-refractivity contribution in [2.75, 3.05) is 13.2 Å². The van der Waals surface area contributed by atoms with Gasteiger partial charge < -0.3 is 14.2 Å². The first-order valence-corrected chi connectivity index (χ1v) is 6.68. The quantitative estimate of drug-likeness (QED) is 0.398. The lowest BCUT2D eigenvalue weighted by Crippen LogP contribution is -1.87. The van der Waals surface area contributed by atoms with Crippen LogP contribution in [0, 0.1) is 0 Å². The van der Waals surface area contributed by atoms with Crippen LogP contribution in [0.1, 0.15) is 26.7 Å². The summed E-state index contributed by atoms with van der Waals surface area (Å²) < 4.78 is 20.8. The summed E-state index contributed by atoms with van der Waals surface area (Å²) in [6.07, 6.45) is 6.86. The molecule has 0 rings (SSSR count). The summed E-state index contributed by atoms with van der Waals surface area (Å²) in [5.41, 5.74) is 0. The molecule has 0 aliphatic carbocycles. The predicted molar refractivity (Wildman–Crippen MR) is 60.6 cm³/mol. The molecule has 0 saturated heterocycles. The van der Waals surface area contributed by atoms with E-state index in [4.69, 9.17) is 9.26 Å². The monoisotopic (exact) mass is 234 g/mol. The molecule has 0 radical (unpaired) electrons. The molecule has 0 bridgehead atoms. The lowest BCUT2D eigenvalue weighted by atomic mass is 10.3. The number of unbranched alkanes of at least 4 members (excludes halogenated alkanes) is 1. The Morgan fingerprint density at radius 2 is 2.07 bits per heavy atom. The van der Waals surface area contributed by atoms with Gasteiger partial charge in [-0.05, 0) is 13.3 Å². The second-order valence-electron chi connectivity index (χ2n) is 2.86. The van der Waals surface area contributed by atoms with E-state index in [0.717, 1.165) is 18.7 Å². The highest BCUT2D eigenvalue weighted by atomic mass is 31.2. The molecule has 0 aliphatic rings. The van der Waals surface area contributed by atoms with E-state index >= 15 is 0 Å². The van der Waals surface area contributed by atoms with E-state index in [2.05, 4.69) is 6.92 Å². The molecule has 5 heteroatoms. The van der Waals surface area contributed by atoms with E-state index in [1.165, 1.54) is 6.26 Å². The van der Waals surface area contributed by atoms with Gasteiger partial charge >= 0.3 is 7.60 Å². The molecular formula is C10H19O4P. The molecule has 0 spiro atoms. The van der Waals surface area contributed by atoms with Crippen LogP contribution in [-0.2, 0) is 13.8 Å². The largest absolute Gasteiger partial charge is 0.501 e. The van der Waals surface area contributed by atoms with Crippen LogP contribution in [-0.4, -0.2) is 18.1 Å². The molecular weight excluding hydrogens is 215 g/mol. The molecule has 88 valence electrons. The standard InChI is InChI=1S/C10H19O4P/c1-3-5-6-7-8-14-15(11,12)10-9-13-4-2/h6-7,9-10H,3-5,8H2,1-2H3,(H,11,12). The minimum atomic E-state index is -3.63. The number of hydrogen-bond donors (Lipinski definition) is 1. The fourth-order valence-corrected chi connectivity index (χ4v) is 1.39. The summed E-state index contributed by atoms with van der Waals surface area (Å²) in [6, 6.07) is 0. The van der Waals surface area contributed by atoms with Gasteiger partial charge in [-0.15, -0.1) is 0 Å². The van der Waals surface area contributed by atoms with Crippen molar-refractivity contribution in [3.8, 4) is 0 Å². The van der Waals surface area contributed by atoms with Gasteiger partial charge in [0.25, 0.3) is 0 Å². The number of rotatable bonds is 8. The first kappa shape index (κ1) is 14.4. The average Bonchev–Trinajstić information content (AvgIpc) is 2.17. The van der Waals surface area contributed by atoms with Gasteiger partial charge in [-0.2, -0.15) is 0 Å². The van der Waals surface area contributed by atoms with Crippen molar-refractivity contribution in [2.45, 2.75) is 26.7 Å². The highest BCUT2D eigenvalue weighted by Gasteiger charge is 2.13. The van der Waals surface area contributed by atoms with Crippen molar-refractivity contribution in [1.29, 1.82) is 0 Å². The van der Waals surface area contributed by atoms with Crippen LogP contribution < -0.4 is 0 Å². The zero-order valence-electron chi connectivity index (χ0n) is 9.26. The SMILES string of the molecule is CCCC=CCOP(=O)(O)C=COCC. The van der Waals surface area contributed by atoms with Crippen LogP contribution >= 0.6 is 7.60 Å². The normalized spacial score (nSPS) is 15.9. The summed E-state index contributed by atoms with van der Waals surface area (Å²) in [5, 5.41) is 0. The first-order valence-electron chi connectivity index (χ1n) is 5.03. The Hall–Kier alpha value is -0.570. The molecule has 15 heavy (non-hydrogen) atoms. The second kappa shape index (κ2) is 8.72. The maximum atomic E-state index is 11.3. The Balaban J connectivity index is 3.78. The van der Waals surface area contributed by atoms with Crippen molar-refractivity contribution in [3.05, 3.63) is 24.2 Å². The highest BCUT2D eigenvalue weighted by Crippen LogP contribution is 2.43. The summed E-state index contributed by atoms with van der Waals surface area (Å²) >= 11 is 0. The van der Waals surface area contributed by atoms with Crippen LogP contribution in [0.25, 0.3) is 0 Å². The maximum Gasteiger partial charge on any atom is 0.354 e. The molecule has 0 aromatic carbocycles. The van der Waals surface area contributed by atoms with E-state index in [0.29, 0.717) is 6.61 Å². The summed E-state index contributed by atoms with van der Waals surface area (Å²) in [7, 11) is -3.63. The zero-order chi connectivity index (χ0) is 11.6. The van der Waals surface area contributed by atoms with Crippen molar-refractivity contribution in [2.24, 2.45) is 0 Å². The smallest absolute Gasteiger partial charge is 0.354 e. The fraction of sp³-hybridized carbons (Fsp3) is 0.600. The van der Waals surface area contributed by atoms with Gasteiger partial charge in [0.1, 0.15) is 0 Å². The third kappa shape index (κ3) is 9.73. The molecule has 0 aromatic heterocycles. The Kier molecular flexibility index (Phi) is 8.38. The number of ether oxygens (including phenoxy) is 1. The molecule has 4 nitrogen and oxygen atoms in total. The Bertz CT molecular complexity index is 248. The van der Waals surface area contributed by atoms with E-state index in [-0.39, 0.29) is 6.61 Å². The van der Waals surface area contributed by atoms with Gasteiger partial charge in [-0.1, -0.05) is 25.5 Å². The molecule has 0 aliphatic heterocycles. The van der Waals surface area contributed by atoms with E-state index < -0.39 is 7.60 Å². The van der Waals surface area contributed by atoms with Crippen LogP contribution in [0.4, 0.5) is 0 Å². The lowest BCUT2D eigenvalue weighted by Gasteiger charge is -2.05. The summed E-state index contributed by atoms with van der Waals surface area (Å²) in [4.78, 5) is 9.23. The molecule has 0 amide bonds. The van der Waals surface area contributed by atoms with Gasteiger partial charge in [0.15, 0.2) is 0 Å². The zero-order valence-corrected chi connectivity index (χ0v) is 10.2. The molecule has 1 N–H and O–H groups in total. The van der Waals surface area contributed by atoms with Crippen molar-refractivity contribution >= 4 is 7.60 Å². The fourth-order valence-electron chi connectivity index (χ4n) is 0.762. The topological polar surface area (TPSA) is 55.8 Å².